The maximum Gasteiger partial charge on any atom is 0.338 e. The first-order valence-electron chi connectivity index (χ1n) is 6.30. The molecule has 0 saturated carbocycles. The molecule has 0 aliphatic heterocycles. The molecule has 1 amide bonds. The standard InChI is InChI=1S/C16H14BrNO3/c1-9-4-3-5-13(14(9)16(20)21)18-15(19)12-7-6-11(17)8-10(12)2/h3-8H,1-2H3,(H,18,19)(H,20,21). The summed E-state index contributed by atoms with van der Waals surface area (Å²) in [4.78, 5) is 23.6. The van der Waals surface area contributed by atoms with Crippen LogP contribution in [0.25, 0.3) is 0 Å². The van der Waals surface area contributed by atoms with E-state index in [-0.39, 0.29) is 11.5 Å². The van der Waals surface area contributed by atoms with E-state index in [2.05, 4.69) is 21.2 Å². The van der Waals surface area contributed by atoms with Crippen LogP contribution in [-0.4, -0.2) is 17.0 Å². The van der Waals surface area contributed by atoms with Crippen molar-refractivity contribution < 1.29 is 14.7 Å². The third-order valence-corrected chi connectivity index (χ3v) is 3.66. The number of aromatic carboxylic acids is 1. The molecule has 0 aliphatic carbocycles. The van der Waals surface area contributed by atoms with E-state index in [9.17, 15) is 14.7 Å². The second-order valence-electron chi connectivity index (χ2n) is 4.72. The van der Waals surface area contributed by atoms with E-state index in [1.54, 1.807) is 37.3 Å². The number of carboxylic acid groups (broad SMARTS) is 1. The third-order valence-electron chi connectivity index (χ3n) is 3.17. The van der Waals surface area contributed by atoms with Gasteiger partial charge in [-0.05, 0) is 49.2 Å². The normalized spacial score (nSPS) is 10.2. The minimum atomic E-state index is -1.06. The summed E-state index contributed by atoms with van der Waals surface area (Å²) in [6, 6.07) is 10.3. The molecule has 0 bridgehead atoms. The maximum atomic E-state index is 12.3. The molecule has 0 fully saturated rings. The van der Waals surface area contributed by atoms with Gasteiger partial charge in [0, 0.05) is 10.0 Å². The number of hydrogen-bond donors (Lipinski definition) is 2. The van der Waals surface area contributed by atoms with Crippen LogP contribution in [0.3, 0.4) is 0 Å². The van der Waals surface area contributed by atoms with Crippen molar-refractivity contribution >= 4 is 33.5 Å². The highest BCUT2D eigenvalue weighted by Crippen LogP contribution is 2.22. The third kappa shape index (κ3) is 3.31. The first-order chi connectivity index (χ1) is 9.90. The lowest BCUT2D eigenvalue weighted by Crippen LogP contribution is -2.16. The van der Waals surface area contributed by atoms with Gasteiger partial charge in [0.15, 0.2) is 0 Å². The first kappa shape index (κ1) is 15.3. The van der Waals surface area contributed by atoms with E-state index in [1.165, 1.54) is 0 Å². The number of amides is 1. The van der Waals surface area contributed by atoms with Gasteiger partial charge in [-0.1, -0.05) is 28.1 Å². The molecular formula is C16H14BrNO3. The molecular weight excluding hydrogens is 334 g/mol. The second-order valence-corrected chi connectivity index (χ2v) is 5.63. The van der Waals surface area contributed by atoms with Crippen molar-refractivity contribution in [2.45, 2.75) is 13.8 Å². The Balaban J connectivity index is 2.36. The molecule has 0 heterocycles. The van der Waals surface area contributed by atoms with Gasteiger partial charge in [-0.15, -0.1) is 0 Å². The Kier molecular flexibility index (Phi) is 4.43. The maximum absolute atomic E-state index is 12.3. The first-order valence-corrected chi connectivity index (χ1v) is 7.10. The summed E-state index contributed by atoms with van der Waals surface area (Å²) < 4.78 is 0.887. The van der Waals surface area contributed by atoms with E-state index in [0.717, 1.165) is 10.0 Å². The van der Waals surface area contributed by atoms with Crippen LogP contribution in [0.15, 0.2) is 40.9 Å². The van der Waals surface area contributed by atoms with Crippen LogP contribution in [-0.2, 0) is 0 Å². The summed E-state index contributed by atoms with van der Waals surface area (Å²) in [5.41, 5.74) is 2.34. The molecule has 0 radical (unpaired) electrons. The summed E-state index contributed by atoms with van der Waals surface area (Å²) in [7, 11) is 0. The lowest BCUT2D eigenvalue weighted by Gasteiger charge is -2.12. The van der Waals surface area contributed by atoms with E-state index >= 15 is 0 Å². The quantitative estimate of drug-likeness (QED) is 0.881. The number of anilines is 1. The second kappa shape index (κ2) is 6.10. The average Bonchev–Trinajstić information content (AvgIpc) is 2.37. The summed E-state index contributed by atoms with van der Waals surface area (Å²) in [6.45, 7) is 3.53. The van der Waals surface area contributed by atoms with Crippen LogP contribution in [0.5, 0.6) is 0 Å². The summed E-state index contributed by atoms with van der Waals surface area (Å²) >= 11 is 3.34. The fourth-order valence-corrected chi connectivity index (χ4v) is 2.60. The van der Waals surface area contributed by atoms with Gasteiger partial charge in [-0.2, -0.15) is 0 Å². The molecule has 21 heavy (non-hydrogen) atoms. The van der Waals surface area contributed by atoms with E-state index in [4.69, 9.17) is 0 Å². The molecule has 0 saturated heterocycles. The van der Waals surface area contributed by atoms with Crippen molar-refractivity contribution in [1.82, 2.24) is 0 Å². The molecule has 0 unspecified atom stereocenters. The van der Waals surface area contributed by atoms with E-state index < -0.39 is 5.97 Å². The van der Waals surface area contributed by atoms with E-state index in [0.29, 0.717) is 16.8 Å². The van der Waals surface area contributed by atoms with Crippen LogP contribution < -0.4 is 5.32 Å². The predicted molar refractivity (Wildman–Crippen MR) is 85.0 cm³/mol. The van der Waals surface area contributed by atoms with Crippen molar-refractivity contribution in [3.8, 4) is 0 Å². The highest BCUT2D eigenvalue weighted by atomic mass is 79.9. The van der Waals surface area contributed by atoms with Crippen molar-refractivity contribution in [2.75, 3.05) is 5.32 Å². The summed E-state index contributed by atoms with van der Waals surface area (Å²) in [6.07, 6.45) is 0. The van der Waals surface area contributed by atoms with Crippen LogP contribution in [0.1, 0.15) is 31.8 Å². The summed E-state index contributed by atoms with van der Waals surface area (Å²) in [5.74, 6) is -1.39. The fraction of sp³-hybridized carbons (Fsp3) is 0.125. The highest BCUT2D eigenvalue weighted by molar-refractivity contribution is 9.10. The Bertz CT molecular complexity index is 725. The molecule has 0 aromatic heterocycles. The van der Waals surface area contributed by atoms with E-state index in [1.807, 2.05) is 13.0 Å². The number of benzene rings is 2. The Hall–Kier alpha value is -2.14. The van der Waals surface area contributed by atoms with Gasteiger partial charge in [0.25, 0.3) is 5.91 Å². The zero-order valence-electron chi connectivity index (χ0n) is 11.6. The molecule has 5 heteroatoms. The smallest absolute Gasteiger partial charge is 0.338 e. The highest BCUT2D eigenvalue weighted by Gasteiger charge is 2.16. The SMILES string of the molecule is Cc1cc(Br)ccc1C(=O)Nc1cccc(C)c1C(=O)O. The molecule has 0 aliphatic rings. The number of nitrogens with one attached hydrogen (secondary N) is 1. The van der Waals surface area contributed by atoms with Gasteiger partial charge in [0.05, 0.1) is 11.3 Å². The number of rotatable bonds is 3. The number of hydrogen-bond acceptors (Lipinski definition) is 2. The average molecular weight is 348 g/mol. The monoisotopic (exact) mass is 347 g/mol. The fourth-order valence-electron chi connectivity index (χ4n) is 2.13. The van der Waals surface area contributed by atoms with Crippen molar-refractivity contribution in [3.63, 3.8) is 0 Å². The predicted octanol–water partition coefficient (Wildman–Crippen LogP) is 4.02. The van der Waals surface area contributed by atoms with Crippen molar-refractivity contribution in [2.24, 2.45) is 0 Å². The van der Waals surface area contributed by atoms with Crippen molar-refractivity contribution in [1.29, 1.82) is 0 Å². The minimum absolute atomic E-state index is 0.112. The lowest BCUT2D eigenvalue weighted by molar-refractivity contribution is 0.0697. The number of carbonyl (C=O) groups is 2. The van der Waals surface area contributed by atoms with Gasteiger partial charge in [0.1, 0.15) is 0 Å². The van der Waals surface area contributed by atoms with Crippen LogP contribution in [0, 0.1) is 13.8 Å². The Labute approximate surface area is 130 Å². The lowest BCUT2D eigenvalue weighted by atomic mass is 10.1. The zero-order chi connectivity index (χ0) is 15.6. The zero-order valence-corrected chi connectivity index (χ0v) is 13.2. The molecule has 0 atom stereocenters. The Morgan fingerprint density at radius 3 is 2.43 bits per heavy atom. The number of aryl methyl sites for hydroxylation is 2. The number of carboxylic acids is 1. The topological polar surface area (TPSA) is 66.4 Å². The number of halogens is 1. The van der Waals surface area contributed by atoms with Crippen molar-refractivity contribution in [3.05, 3.63) is 63.1 Å². The molecule has 108 valence electrons. The molecule has 2 N–H and O–H groups in total. The summed E-state index contributed by atoms with van der Waals surface area (Å²) in [5, 5.41) is 11.9. The molecule has 4 nitrogen and oxygen atoms in total. The van der Waals surface area contributed by atoms with Crippen LogP contribution in [0.2, 0.25) is 0 Å². The largest absolute Gasteiger partial charge is 0.478 e. The molecule has 2 aromatic carbocycles. The number of carbonyl (C=O) groups excluding carboxylic acids is 1. The minimum Gasteiger partial charge on any atom is -0.478 e. The van der Waals surface area contributed by atoms with Gasteiger partial charge in [-0.25, -0.2) is 4.79 Å². The Morgan fingerprint density at radius 2 is 1.81 bits per heavy atom. The van der Waals surface area contributed by atoms with Gasteiger partial charge >= 0.3 is 5.97 Å². The molecule has 0 spiro atoms. The molecule has 2 aromatic rings. The van der Waals surface area contributed by atoms with Gasteiger partial charge in [0.2, 0.25) is 0 Å². The Morgan fingerprint density at radius 1 is 1.10 bits per heavy atom. The van der Waals surface area contributed by atoms with Crippen LogP contribution >= 0.6 is 15.9 Å². The van der Waals surface area contributed by atoms with Crippen LogP contribution in [0.4, 0.5) is 5.69 Å². The van der Waals surface area contributed by atoms with Gasteiger partial charge in [-0.3, -0.25) is 4.79 Å². The molecule has 2 rings (SSSR count). The van der Waals surface area contributed by atoms with Gasteiger partial charge < -0.3 is 10.4 Å².